The Bertz CT molecular complexity index is 950. The van der Waals surface area contributed by atoms with Crippen LogP contribution >= 0.6 is 23.2 Å². The molecule has 1 aliphatic heterocycles. The number of carbonyl (C=O) groups excluding carboxylic acids is 1. The Hall–Kier alpha value is -2.59. The average molecular weight is 416 g/mol. The van der Waals surface area contributed by atoms with Crippen LogP contribution in [0.3, 0.4) is 0 Å². The van der Waals surface area contributed by atoms with E-state index in [0.29, 0.717) is 34.4 Å². The van der Waals surface area contributed by atoms with Crippen LogP contribution in [0.2, 0.25) is 10.0 Å². The Morgan fingerprint density at radius 1 is 1.29 bits per heavy atom. The molecule has 0 radical (unpaired) electrons. The predicted molar refractivity (Wildman–Crippen MR) is 112 cm³/mol. The number of nitriles is 1. The first-order valence-electron chi connectivity index (χ1n) is 8.63. The Morgan fingerprint density at radius 2 is 2.00 bits per heavy atom. The zero-order chi connectivity index (χ0) is 20.3. The van der Waals surface area contributed by atoms with Gasteiger partial charge in [0.2, 0.25) is 0 Å². The number of halogens is 2. The second-order valence-corrected chi connectivity index (χ2v) is 7.49. The van der Waals surface area contributed by atoms with E-state index in [9.17, 15) is 10.1 Å². The van der Waals surface area contributed by atoms with Gasteiger partial charge in [-0.15, -0.1) is 0 Å². The maximum absolute atomic E-state index is 12.2. The summed E-state index contributed by atoms with van der Waals surface area (Å²) < 4.78 is 0. The molecule has 0 saturated heterocycles. The molecule has 1 heterocycles. The molecule has 1 N–H and O–H groups in total. The number of hydrazone groups is 1. The zero-order valence-electron chi connectivity index (χ0n) is 15.5. The fourth-order valence-electron chi connectivity index (χ4n) is 3.10. The SMILES string of the molecule is CN(C)Cc1cc(N2N=CCNC2=O)cc(Cl)c1C(C#N)c1ccc(Cl)cc1. The maximum Gasteiger partial charge on any atom is 0.342 e. The van der Waals surface area contributed by atoms with Crippen molar-refractivity contribution in [2.45, 2.75) is 12.5 Å². The predicted octanol–water partition coefficient (Wildman–Crippen LogP) is 4.23. The number of hydrogen-bond donors (Lipinski definition) is 1. The average Bonchev–Trinajstić information content (AvgIpc) is 2.65. The highest BCUT2D eigenvalue weighted by molar-refractivity contribution is 6.32. The van der Waals surface area contributed by atoms with Crippen molar-refractivity contribution in [2.75, 3.05) is 25.6 Å². The van der Waals surface area contributed by atoms with Crippen molar-refractivity contribution in [3.05, 3.63) is 63.1 Å². The molecule has 0 aromatic heterocycles. The van der Waals surface area contributed by atoms with Crippen molar-refractivity contribution in [1.29, 1.82) is 5.26 Å². The molecule has 1 unspecified atom stereocenters. The standard InChI is InChI=1S/C20H19Cl2N5O/c1-26(2)12-14-9-16(27-20(28)24-7-8-25-27)10-18(22)19(14)17(11-23)13-3-5-15(21)6-4-13/h3-6,8-10,17H,7,12H2,1-2H3,(H,24,28). The smallest absolute Gasteiger partial charge is 0.331 e. The molecular formula is C20H19Cl2N5O. The van der Waals surface area contributed by atoms with Crippen LogP contribution in [0.5, 0.6) is 0 Å². The maximum atomic E-state index is 12.2. The lowest BCUT2D eigenvalue weighted by molar-refractivity contribution is 0.247. The van der Waals surface area contributed by atoms with Gasteiger partial charge in [-0.1, -0.05) is 35.3 Å². The number of nitrogens with one attached hydrogen (secondary N) is 1. The number of carbonyl (C=O) groups is 1. The third kappa shape index (κ3) is 4.28. The lowest BCUT2D eigenvalue weighted by Crippen LogP contribution is -2.41. The lowest BCUT2D eigenvalue weighted by Gasteiger charge is -2.25. The number of anilines is 1. The van der Waals surface area contributed by atoms with E-state index in [4.69, 9.17) is 23.2 Å². The monoisotopic (exact) mass is 415 g/mol. The summed E-state index contributed by atoms with van der Waals surface area (Å²) in [4.78, 5) is 14.1. The highest BCUT2D eigenvalue weighted by Gasteiger charge is 2.25. The summed E-state index contributed by atoms with van der Waals surface area (Å²) in [6, 6.07) is 12.7. The van der Waals surface area contributed by atoms with E-state index in [1.54, 1.807) is 24.4 Å². The fraction of sp³-hybridized carbons (Fsp3) is 0.250. The molecule has 28 heavy (non-hydrogen) atoms. The minimum Gasteiger partial charge on any atom is -0.331 e. The quantitative estimate of drug-likeness (QED) is 0.793. The van der Waals surface area contributed by atoms with Gasteiger partial charge in [0.05, 0.1) is 24.2 Å². The molecule has 0 spiro atoms. The first-order chi connectivity index (χ1) is 13.4. The number of amides is 2. The molecule has 0 saturated carbocycles. The third-order valence-electron chi connectivity index (χ3n) is 4.29. The highest BCUT2D eigenvalue weighted by atomic mass is 35.5. The molecule has 6 nitrogen and oxygen atoms in total. The van der Waals surface area contributed by atoms with Crippen LogP contribution in [0.1, 0.15) is 22.6 Å². The van der Waals surface area contributed by atoms with Crippen molar-refractivity contribution < 1.29 is 4.79 Å². The summed E-state index contributed by atoms with van der Waals surface area (Å²) in [5.74, 6) is -0.563. The van der Waals surface area contributed by atoms with E-state index >= 15 is 0 Å². The number of nitrogens with zero attached hydrogens (tertiary/aromatic N) is 4. The number of rotatable bonds is 5. The molecule has 0 fully saturated rings. The Balaban J connectivity index is 2.12. The van der Waals surface area contributed by atoms with Gasteiger partial charge in [-0.3, -0.25) is 0 Å². The van der Waals surface area contributed by atoms with Crippen molar-refractivity contribution >= 4 is 41.1 Å². The Morgan fingerprint density at radius 3 is 2.61 bits per heavy atom. The molecular weight excluding hydrogens is 397 g/mol. The van der Waals surface area contributed by atoms with Crippen LogP contribution in [0.15, 0.2) is 41.5 Å². The van der Waals surface area contributed by atoms with E-state index in [0.717, 1.165) is 11.1 Å². The summed E-state index contributed by atoms with van der Waals surface area (Å²) in [7, 11) is 3.86. The Labute approximate surface area is 173 Å². The molecule has 2 amide bonds. The van der Waals surface area contributed by atoms with E-state index in [2.05, 4.69) is 16.5 Å². The van der Waals surface area contributed by atoms with Crippen LogP contribution in [-0.2, 0) is 6.54 Å². The normalized spacial score (nSPS) is 14.7. The summed E-state index contributed by atoms with van der Waals surface area (Å²) in [5, 5.41) is 19.0. The molecule has 2 aromatic rings. The van der Waals surface area contributed by atoms with E-state index in [1.807, 2.05) is 37.2 Å². The first kappa shape index (κ1) is 20.2. The molecule has 1 aliphatic rings. The van der Waals surface area contributed by atoms with Crippen molar-refractivity contribution in [1.82, 2.24) is 10.2 Å². The van der Waals surface area contributed by atoms with Gasteiger partial charge in [0.15, 0.2) is 0 Å². The van der Waals surface area contributed by atoms with Crippen molar-refractivity contribution in [2.24, 2.45) is 5.10 Å². The van der Waals surface area contributed by atoms with Crippen LogP contribution < -0.4 is 10.3 Å². The van der Waals surface area contributed by atoms with Gasteiger partial charge in [-0.2, -0.15) is 15.4 Å². The van der Waals surface area contributed by atoms with E-state index in [-0.39, 0.29) is 6.03 Å². The van der Waals surface area contributed by atoms with Gasteiger partial charge in [-0.05, 0) is 55.1 Å². The van der Waals surface area contributed by atoms with Crippen LogP contribution in [-0.4, -0.2) is 37.8 Å². The molecule has 2 aromatic carbocycles. The number of hydrogen-bond acceptors (Lipinski definition) is 4. The van der Waals surface area contributed by atoms with Crippen molar-refractivity contribution in [3.63, 3.8) is 0 Å². The number of urea groups is 1. The molecule has 0 bridgehead atoms. The summed E-state index contributed by atoms with van der Waals surface area (Å²) in [6.07, 6.45) is 1.61. The van der Waals surface area contributed by atoms with Gasteiger partial charge >= 0.3 is 6.03 Å². The van der Waals surface area contributed by atoms with Crippen LogP contribution in [0.25, 0.3) is 0 Å². The molecule has 8 heteroatoms. The number of benzene rings is 2. The van der Waals surface area contributed by atoms with Gasteiger partial charge in [0, 0.05) is 22.8 Å². The fourth-order valence-corrected chi connectivity index (χ4v) is 3.57. The molecule has 144 valence electrons. The van der Waals surface area contributed by atoms with Crippen LogP contribution in [0.4, 0.5) is 10.5 Å². The van der Waals surface area contributed by atoms with Gasteiger partial charge in [0.1, 0.15) is 0 Å². The lowest BCUT2D eigenvalue weighted by atomic mass is 9.88. The second-order valence-electron chi connectivity index (χ2n) is 6.65. The molecule has 1 atom stereocenters. The largest absolute Gasteiger partial charge is 0.342 e. The topological polar surface area (TPSA) is 71.7 Å². The van der Waals surface area contributed by atoms with Gasteiger partial charge in [-0.25, -0.2) is 4.79 Å². The zero-order valence-corrected chi connectivity index (χ0v) is 17.0. The highest BCUT2D eigenvalue weighted by Crippen LogP contribution is 2.37. The van der Waals surface area contributed by atoms with Crippen LogP contribution in [0, 0.1) is 11.3 Å². The summed E-state index contributed by atoms with van der Waals surface area (Å²) in [5.41, 5.74) is 2.91. The second kappa shape index (κ2) is 8.61. The van der Waals surface area contributed by atoms with Crippen molar-refractivity contribution in [3.8, 4) is 6.07 Å². The minimum absolute atomic E-state index is 0.323. The van der Waals surface area contributed by atoms with E-state index in [1.165, 1.54) is 5.01 Å². The summed E-state index contributed by atoms with van der Waals surface area (Å²) in [6.45, 7) is 0.937. The first-order valence-corrected chi connectivity index (χ1v) is 9.39. The minimum atomic E-state index is -0.563. The van der Waals surface area contributed by atoms with E-state index < -0.39 is 5.92 Å². The third-order valence-corrected chi connectivity index (χ3v) is 4.85. The molecule has 0 aliphatic carbocycles. The van der Waals surface area contributed by atoms with Gasteiger partial charge in [0.25, 0.3) is 0 Å². The molecule has 3 rings (SSSR count). The summed E-state index contributed by atoms with van der Waals surface area (Å²) >= 11 is 12.6. The Kier molecular flexibility index (Phi) is 6.20. The van der Waals surface area contributed by atoms with Gasteiger partial charge < -0.3 is 10.2 Å².